The summed E-state index contributed by atoms with van der Waals surface area (Å²) in [6, 6.07) is 6.00. The Hall–Kier alpha value is -1.74. The van der Waals surface area contributed by atoms with Crippen LogP contribution < -0.4 is 0 Å². The van der Waals surface area contributed by atoms with Crippen LogP contribution in [-0.4, -0.2) is 5.11 Å². The Morgan fingerprint density at radius 3 is 1.90 bits per heavy atom. The van der Waals surface area contributed by atoms with E-state index in [4.69, 9.17) is 0 Å². The number of hydrogen-bond donors (Lipinski definition) is 1. The maximum atomic E-state index is 13.9. The van der Waals surface area contributed by atoms with Gasteiger partial charge in [-0.15, -0.1) is 0 Å². The second kappa shape index (κ2) is 5.33. The van der Waals surface area contributed by atoms with Crippen LogP contribution in [-0.2, 0) is 0 Å². The zero-order chi connectivity index (χ0) is 15.0. The summed E-state index contributed by atoms with van der Waals surface area (Å²) in [5, 5.41) is 10.4. The summed E-state index contributed by atoms with van der Waals surface area (Å²) < 4.78 is 27.2. The van der Waals surface area contributed by atoms with Gasteiger partial charge >= 0.3 is 0 Å². The Balaban J connectivity index is 2.54. The van der Waals surface area contributed by atoms with E-state index in [2.05, 4.69) is 0 Å². The van der Waals surface area contributed by atoms with Crippen LogP contribution in [0.1, 0.15) is 39.5 Å². The maximum Gasteiger partial charge on any atom is 0.132 e. The highest BCUT2D eigenvalue weighted by Gasteiger charge is 2.19. The fraction of sp³-hybridized carbons (Fsp3) is 0.294. The number of aryl methyl sites for hydroxylation is 4. The van der Waals surface area contributed by atoms with Crippen molar-refractivity contribution in [2.24, 2.45) is 0 Å². The van der Waals surface area contributed by atoms with Crippen LogP contribution in [0.3, 0.4) is 0 Å². The second-order valence-corrected chi connectivity index (χ2v) is 5.32. The van der Waals surface area contributed by atoms with Crippen molar-refractivity contribution in [2.75, 3.05) is 0 Å². The van der Waals surface area contributed by atoms with E-state index in [0.717, 1.165) is 22.8 Å². The minimum atomic E-state index is -1.09. The van der Waals surface area contributed by atoms with E-state index < -0.39 is 17.7 Å². The Bertz CT molecular complexity index is 605. The molecule has 2 rings (SSSR count). The zero-order valence-corrected chi connectivity index (χ0v) is 12.1. The molecular formula is C17H18F2O. The van der Waals surface area contributed by atoms with E-state index in [-0.39, 0.29) is 5.56 Å². The molecule has 2 aromatic carbocycles. The molecule has 1 unspecified atom stereocenters. The van der Waals surface area contributed by atoms with Gasteiger partial charge in [0.1, 0.15) is 17.7 Å². The van der Waals surface area contributed by atoms with Gasteiger partial charge in [-0.2, -0.15) is 0 Å². The lowest BCUT2D eigenvalue weighted by molar-refractivity contribution is 0.213. The average molecular weight is 276 g/mol. The Morgan fingerprint density at radius 1 is 0.700 bits per heavy atom. The molecule has 1 nitrogen and oxygen atoms in total. The minimum Gasteiger partial charge on any atom is -0.384 e. The third kappa shape index (κ3) is 2.59. The first-order valence-electron chi connectivity index (χ1n) is 6.52. The lowest BCUT2D eigenvalue weighted by Crippen LogP contribution is -2.07. The van der Waals surface area contributed by atoms with Crippen molar-refractivity contribution in [3.05, 3.63) is 69.3 Å². The molecule has 0 heterocycles. The second-order valence-electron chi connectivity index (χ2n) is 5.32. The van der Waals surface area contributed by atoms with Crippen LogP contribution in [0.4, 0.5) is 8.78 Å². The predicted molar refractivity (Wildman–Crippen MR) is 75.8 cm³/mol. The van der Waals surface area contributed by atoms with Gasteiger partial charge in [-0.3, -0.25) is 0 Å². The zero-order valence-electron chi connectivity index (χ0n) is 12.1. The lowest BCUT2D eigenvalue weighted by atomic mass is 9.92. The van der Waals surface area contributed by atoms with Crippen molar-refractivity contribution in [3.8, 4) is 0 Å². The molecule has 106 valence electrons. The molecule has 0 bridgehead atoms. The lowest BCUT2D eigenvalue weighted by Gasteiger charge is -2.17. The first-order valence-corrected chi connectivity index (χ1v) is 6.52. The minimum absolute atomic E-state index is 0.107. The summed E-state index contributed by atoms with van der Waals surface area (Å²) in [5.74, 6) is -1.33. The van der Waals surface area contributed by atoms with Crippen molar-refractivity contribution in [3.63, 3.8) is 0 Å². The fourth-order valence-corrected chi connectivity index (χ4v) is 2.33. The molecule has 0 aliphatic heterocycles. The van der Waals surface area contributed by atoms with Crippen molar-refractivity contribution in [1.29, 1.82) is 0 Å². The molecule has 1 atom stereocenters. The Kier molecular flexibility index (Phi) is 3.91. The highest BCUT2D eigenvalue weighted by Crippen LogP contribution is 2.30. The average Bonchev–Trinajstić information content (AvgIpc) is 2.37. The third-order valence-electron chi connectivity index (χ3n) is 3.75. The first kappa shape index (κ1) is 14.7. The molecule has 2 aromatic rings. The topological polar surface area (TPSA) is 20.2 Å². The number of aliphatic hydroxyl groups excluding tert-OH is 1. The smallest absolute Gasteiger partial charge is 0.132 e. The Morgan fingerprint density at radius 2 is 1.25 bits per heavy atom. The molecule has 3 heteroatoms. The third-order valence-corrected chi connectivity index (χ3v) is 3.75. The number of hydrogen-bond acceptors (Lipinski definition) is 1. The van der Waals surface area contributed by atoms with Crippen molar-refractivity contribution in [2.45, 2.75) is 33.8 Å². The summed E-state index contributed by atoms with van der Waals surface area (Å²) in [6.45, 7) is 7.36. The first-order chi connectivity index (χ1) is 9.31. The van der Waals surface area contributed by atoms with Crippen LogP contribution >= 0.6 is 0 Å². The summed E-state index contributed by atoms with van der Waals surface area (Å²) in [4.78, 5) is 0. The molecule has 1 N–H and O–H groups in total. The van der Waals surface area contributed by atoms with E-state index in [9.17, 15) is 13.9 Å². The summed E-state index contributed by atoms with van der Waals surface area (Å²) >= 11 is 0. The van der Waals surface area contributed by atoms with Gasteiger partial charge in [0.2, 0.25) is 0 Å². The van der Waals surface area contributed by atoms with Gasteiger partial charge in [0.15, 0.2) is 0 Å². The van der Waals surface area contributed by atoms with Gasteiger partial charge in [-0.1, -0.05) is 12.1 Å². The van der Waals surface area contributed by atoms with Crippen LogP contribution in [0.2, 0.25) is 0 Å². The summed E-state index contributed by atoms with van der Waals surface area (Å²) in [7, 11) is 0. The maximum absolute atomic E-state index is 13.9. The molecule has 0 aliphatic carbocycles. The predicted octanol–water partition coefficient (Wildman–Crippen LogP) is 4.28. The van der Waals surface area contributed by atoms with Crippen molar-refractivity contribution >= 4 is 0 Å². The molecular weight excluding hydrogens is 258 g/mol. The van der Waals surface area contributed by atoms with Gasteiger partial charge < -0.3 is 5.11 Å². The molecule has 0 spiro atoms. The van der Waals surface area contributed by atoms with Gasteiger partial charge in [0.25, 0.3) is 0 Å². The number of aliphatic hydroxyl groups is 1. The van der Waals surface area contributed by atoms with Gasteiger partial charge in [0, 0.05) is 11.6 Å². The highest BCUT2D eigenvalue weighted by atomic mass is 19.1. The molecule has 0 amide bonds. The van der Waals surface area contributed by atoms with Gasteiger partial charge in [-0.25, -0.2) is 8.78 Å². The standard InChI is InChI=1S/C17H18F2O/c1-9-5-11(3)13(6-10(9)2)17(20)14-7-12(4)15(18)8-16(14)19/h5-8,17,20H,1-4H3. The van der Waals surface area contributed by atoms with Crippen molar-refractivity contribution < 1.29 is 13.9 Å². The molecule has 20 heavy (non-hydrogen) atoms. The Labute approximate surface area is 117 Å². The van der Waals surface area contributed by atoms with Crippen molar-refractivity contribution in [1.82, 2.24) is 0 Å². The highest BCUT2D eigenvalue weighted by molar-refractivity contribution is 5.42. The number of rotatable bonds is 2. The van der Waals surface area contributed by atoms with E-state index in [1.807, 2.05) is 32.9 Å². The molecule has 0 fully saturated rings. The van der Waals surface area contributed by atoms with Crippen LogP contribution in [0.5, 0.6) is 0 Å². The van der Waals surface area contributed by atoms with Gasteiger partial charge in [0.05, 0.1) is 0 Å². The number of benzene rings is 2. The van der Waals surface area contributed by atoms with E-state index >= 15 is 0 Å². The summed E-state index contributed by atoms with van der Waals surface area (Å²) in [6.07, 6.45) is -1.09. The molecule has 0 radical (unpaired) electrons. The number of halogens is 2. The van der Waals surface area contributed by atoms with Crippen LogP contribution in [0, 0.1) is 39.3 Å². The SMILES string of the molecule is Cc1cc(C)c(C(O)c2cc(C)c(F)cc2F)cc1C. The largest absolute Gasteiger partial charge is 0.384 e. The normalized spacial score (nSPS) is 12.6. The molecule has 0 saturated carbocycles. The van der Waals surface area contributed by atoms with E-state index in [1.165, 1.54) is 6.07 Å². The molecule has 0 aliphatic rings. The van der Waals surface area contributed by atoms with E-state index in [0.29, 0.717) is 11.1 Å². The molecule has 0 aromatic heterocycles. The van der Waals surface area contributed by atoms with E-state index in [1.54, 1.807) is 6.92 Å². The summed E-state index contributed by atoms with van der Waals surface area (Å²) in [5.41, 5.74) is 4.12. The van der Waals surface area contributed by atoms with Crippen LogP contribution in [0.25, 0.3) is 0 Å². The monoisotopic (exact) mass is 276 g/mol. The quantitative estimate of drug-likeness (QED) is 0.868. The van der Waals surface area contributed by atoms with Gasteiger partial charge in [-0.05, 0) is 61.6 Å². The fourth-order valence-electron chi connectivity index (χ4n) is 2.33. The van der Waals surface area contributed by atoms with Crippen LogP contribution in [0.15, 0.2) is 24.3 Å². The molecule has 0 saturated heterocycles.